The lowest BCUT2D eigenvalue weighted by Crippen LogP contribution is -2.70. The van der Waals surface area contributed by atoms with Crippen LogP contribution in [0.1, 0.15) is 0 Å². The lowest BCUT2D eigenvalue weighted by molar-refractivity contribution is -0.689. The van der Waals surface area contributed by atoms with Gasteiger partial charge >= 0.3 is 5.97 Å². The van der Waals surface area contributed by atoms with Crippen molar-refractivity contribution in [3.63, 3.8) is 0 Å². The second kappa shape index (κ2) is 9.65. The monoisotopic (exact) mass is 506 g/mol. The number of thioether (sulfide) groups is 1. The van der Waals surface area contributed by atoms with E-state index in [0.29, 0.717) is 17.1 Å². The number of amides is 2. The van der Waals surface area contributed by atoms with Gasteiger partial charge in [-0.3, -0.25) is 14.5 Å². The van der Waals surface area contributed by atoms with Crippen LogP contribution in [0.5, 0.6) is 0 Å². The minimum Gasteiger partial charge on any atom is -0.508 e. The van der Waals surface area contributed by atoms with Crippen molar-refractivity contribution in [2.75, 3.05) is 11.6 Å². The summed E-state index contributed by atoms with van der Waals surface area (Å²) < 4.78 is 7.02. The molecule has 0 saturated carbocycles. The van der Waals surface area contributed by atoms with Gasteiger partial charge in [0.15, 0.2) is 31.1 Å². The van der Waals surface area contributed by atoms with E-state index in [4.69, 9.17) is 16.0 Å². The Morgan fingerprint density at radius 3 is 2.68 bits per heavy atom. The number of carboxylic acid groups (broad SMARTS) is 1. The number of aliphatic hydroxyl groups is 1. The van der Waals surface area contributed by atoms with Gasteiger partial charge in [-0.1, -0.05) is 0 Å². The van der Waals surface area contributed by atoms with Crippen LogP contribution in [0.15, 0.2) is 69.4 Å². The maximum Gasteiger partial charge on any atom is 0.352 e. The summed E-state index contributed by atoms with van der Waals surface area (Å²) >= 11 is 6.69. The van der Waals surface area contributed by atoms with Gasteiger partial charge in [-0.05, 0) is 5.18 Å². The third-order valence-corrected chi connectivity index (χ3v) is 6.82. The van der Waals surface area contributed by atoms with Gasteiger partial charge in [-0.15, -0.1) is 28.3 Å². The summed E-state index contributed by atoms with van der Waals surface area (Å²) in [6, 6.07) is 2.51. The van der Waals surface area contributed by atoms with Crippen molar-refractivity contribution in [3.8, 4) is 11.3 Å². The number of nitroso groups, excluding NO2 is 1. The minimum absolute atomic E-state index is 0.154. The standard InChI is InChI=1S/C20H16ClN5O7S/c21-5-12(27)14(24-32)17(28)23-15-18(29)26-16(20(30)31)11(8-34-19(15)26)7-25-3-1-10(2-4-25)13-6-22-9-33-13/h1-4,6,9,15,19H,5,7-8H2,(H2-,23,27,28,30,31,32)/p+1/t15-,19-/m1/s1. The summed E-state index contributed by atoms with van der Waals surface area (Å²) in [5.41, 5.74) is 0.328. The maximum atomic E-state index is 12.7. The molecule has 34 heavy (non-hydrogen) atoms. The van der Waals surface area contributed by atoms with E-state index in [0.717, 1.165) is 10.5 Å². The lowest BCUT2D eigenvalue weighted by Gasteiger charge is -2.49. The van der Waals surface area contributed by atoms with Gasteiger partial charge in [0.2, 0.25) is 5.70 Å². The molecule has 4 rings (SSSR count). The Hall–Kier alpha value is -3.71. The Bertz CT molecular complexity index is 1210. The summed E-state index contributed by atoms with van der Waals surface area (Å²) in [7, 11) is 0. The van der Waals surface area contributed by atoms with Crippen molar-refractivity contribution in [2.45, 2.75) is 18.0 Å². The summed E-state index contributed by atoms with van der Waals surface area (Å²) in [6.45, 7) is 0.227. The minimum atomic E-state index is -1.27. The van der Waals surface area contributed by atoms with Crippen molar-refractivity contribution >= 4 is 41.1 Å². The number of carbonyl (C=O) groups excluding carboxylic acids is 2. The van der Waals surface area contributed by atoms with Gasteiger partial charge in [0.05, 0.1) is 12.1 Å². The molecule has 2 amide bonds. The van der Waals surface area contributed by atoms with Gasteiger partial charge in [0.25, 0.3) is 11.8 Å². The molecular formula is C20H17ClN5O7S+. The van der Waals surface area contributed by atoms with Crippen LogP contribution in [-0.2, 0) is 20.9 Å². The molecule has 12 nitrogen and oxygen atoms in total. The number of hydrogen-bond acceptors (Lipinski definition) is 9. The second-order valence-electron chi connectivity index (χ2n) is 7.26. The highest BCUT2D eigenvalue weighted by atomic mass is 35.5. The second-order valence-corrected chi connectivity index (χ2v) is 8.64. The first-order valence-corrected chi connectivity index (χ1v) is 11.3. The van der Waals surface area contributed by atoms with E-state index in [1.165, 1.54) is 18.2 Å². The van der Waals surface area contributed by atoms with E-state index in [1.54, 1.807) is 35.3 Å². The SMILES string of the molecule is O=N/C(C(=O)N[C@@H]1C(=O)N2C(C(=O)O)=C(C[n+]3ccc(-c4cnco4)cc3)CS[C@H]12)=C(/O)CCl. The molecule has 4 heterocycles. The fourth-order valence-corrected chi connectivity index (χ4v) is 5.07. The van der Waals surface area contributed by atoms with Crippen LogP contribution in [0, 0.1) is 4.91 Å². The first-order chi connectivity index (χ1) is 16.3. The molecule has 0 aromatic carbocycles. The van der Waals surface area contributed by atoms with Crippen molar-refractivity contribution in [3.05, 3.63) is 64.8 Å². The molecule has 2 aromatic rings. The molecule has 0 bridgehead atoms. The number of carbonyl (C=O) groups is 3. The molecule has 2 aromatic heterocycles. The van der Waals surface area contributed by atoms with E-state index < -0.39 is 46.5 Å². The van der Waals surface area contributed by atoms with Crippen LogP contribution in [-0.4, -0.2) is 60.9 Å². The van der Waals surface area contributed by atoms with Crippen LogP contribution in [0.4, 0.5) is 0 Å². The van der Waals surface area contributed by atoms with Crippen molar-refractivity contribution in [2.24, 2.45) is 5.18 Å². The fraction of sp³-hybridized carbons (Fsp3) is 0.250. The number of oxazole rings is 1. The topological polar surface area (TPSA) is 166 Å². The number of hydrogen-bond donors (Lipinski definition) is 3. The van der Waals surface area contributed by atoms with Crippen molar-refractivity contribution in [1.29, 1.82) is 0 Å². The van der Waals surface area contributed by atoms with E-state index in [1.807, 2.05) is 0 Å². The van der Waals surface area contributed by atoms with Gasteiger partial charge in [0.1, 0.15) is 22.9 Å². The molecule has 3 N–H and O–H groups in total. The van der Waals surface area contributed by atoms with Crippen molar-refractivity contribution in [1.82, 2.24) is 15.2 Å². The van der Waals surface area contributed by atoms with E-state index in [2.05, 4.69) is 15.5 Å². The number of pyridine rings is 1. The van der Waals surface area contributed by atoms with Gasteiger partial charge < -0.3 is 19.9 Å². The third kappa shape index (κ3) is 4.26. The Labute approximate surface area is 200 Å². The van der Waals surface area contributed by atoms with Gasteiger partial charge in [-0.2, -0.15) is 0 Å². The predicted octanol–water partition coefficient (Wildman–Crippen LogP) is 1.14. The van der Waals surface area contributed by atoms with E-state index in [-0.39, 0.29) is 12.2 Å². The molecule has 0 spiro atoms. The molecule has 1 saturated heterocycles. The average Bonchev–Trinajstić information content (AvgIpc) is 3.38. The van der Waals surface area contributed by atoms with E-state index >= 15 is 0 Å². The smallest absolute Gasteiger partial charge is 0.352 e. The largest absolute Gasteiger partial charge is 0.508 e. The molecule has 0 radical (unpaired) electrons. The number of carboxylic acids is 1. The van der Waals surface area contributed by atoms with Crippen LogP contribution in [0.3, 0.4) is 0 Å². The zero-order valence-electron chi connectivity index (χ0n) is 17.3. The van der Waals surface area contributed by atoms with Gasteiger partial charge in [0, 0.05) is 29.0 Å². The van der Waals surface area contributed by atoms with Crippen LogP contribution in [0.2, 0.25) is 0 Å². The zero-order chi connectivity index (χ0) is 24.4. The summed E-state index contributed by atoms with van der Waals surface area (Å²) in [5.74, 6) is -3.34. The zero-order valence-corrected chi connectivity index (χ0v) is 18.8. The van der Waals surface area contributed by atoms with Gasteiger partial charge in [-0.25, -0.2) is 14.3 Å². The normalized spacial score (nSPS) is 20.3. The highest BCUT2D eigenvalue weighted by Gasteiger charge is 2.54. The molecule has 14 heteroatoms. The highest BCUT2D eigenvalue weighted by molar-refractivity contribution is 8.00. The predicted molar refractivity (Wildman–Crippen MR) is 118 cm³/mol. The summed E-state index contributed by atoms with van der Waals surface area (Å²) in [4.78, 5) is 52.8. The molecule has 2 aliphatic heterocycles. The number of nitrogens with zero attached hydrogens (tertiary/aromatic N) is 4. The Morgan fingerprint density at radius 1 is 1.35 bits per heavy atom. The molecule has 0 aliphatic carbocycles. The number of aromatic nitrogens is 2. The van der Waals surface area contributed by atoms with Crippen LogP contribution < -0.4 is 9.88 Å². The number of fused-ring (bicyclic) bond motifs is 1. The molecular weight excluding hydrogens is 490 g/mol. The number of aliphatic hydroxyl groups excluding tert-OH is 1. The quantitative estimate of drug-likeness (QED) is 0.119. The first kappa shape index (κ1) is 23.4. The number of aliphatic carboxylic acids is 1. The molecule has 1 fully saturated rings. The number of β-lactam (4-membered cyclic amide) rings is 1. The molecule has 0 unspecified atom stereocenters. The Morgan fingerprint density at radius 2 is 2.09 bits per heavy atom. The fourth-order valence-electron chi connectivity index (χ4n) is 3.61. The van der Waals surface area contributed by atoms with E-state index in [9.17, 15) is 29.5 Å². The number of allylic oxidation sites excluding steroid dienone is 1. The Kier molecular flexibility index (Phi) is 6.65. The van der Waals surface area contributed by atoms with Crippen molar-refractivity contribution < 1.29 is 33.6 Å². The lowest BCUT2D eigenvalue weighted by atomic mass is 10.0. The molecule has 176 valence electrons. The molecule has 2 aliphatic rings. The highest BCUT2D eigenvalue weighted by Crippen LogP contribution is 2.40. The maximum absolute atomic E-state index is 12.7. The van der Waals surface area contributed by atoms with Crippen LogP contribution in [0.25, 0.3) is 11.3 Å². The summed E-state index contributed by atoms with van der Waals surface area (Å²) in [5, 5.41) is 23.4. The average molecular weight is 507 g/mol. The van der Waals surface area contributed by atoms with Crippen LogP contribution >= 0.6 is 23.4 Å². The summed E-state index contributed by atoms with van der Waals surface area (Å²) in [6.07, 6.45) is 6.41. The number of halogens is 1. The third-order valence-electron chi connectivity index (χ3n) is 5.22. The first-order valence-electron chi connectivity index (χ1n) is 9.76. The number of alkyl halides is 1. The number of nitrogens with one attached hydrogen (secondary N) is 1. The molecule has 2 atom stereocenters. The number of rotatable bonds is 8. The Balaban J connectivity index is 1.52.